The van der Waals surface area contributed by atoms with Gasteiger partial charge in [-0.1, -0.05) is 25.1 Å². The quantitative estimate of drug-likeness (QED) is 0.157. The molecule has 2 aromatic carbocycles. The summed E-state index contributed by atoms with van der Waals surface area (Å²) >= 11 is 4.86. The Balaban J connectivity index is 1.42. The molecule has 0 spiro atoms. The van der Waals surface area contributed by atoms with Crippen molar-refractivity contribution in [1.82, 2.24) is 9.97 Å². The van der Waals surface area contributed by atoms with Gasteiger partial charge >= 0.3 is 0 Å². The molecule has 1 amide bonds. The summed E-state index contributed by atoms with van der Waals surface area (Å²) in [6, 6.07) is 13.6. The molecule has 0 saturated carbocycles. The van der Waals surface area contributed by atoms with Crippen molar-refractivity contribution in [3.8, 4) is 5.75 Å². The number of amides is 1. The number of carbonyl (C=O) groups excluding carboxylic acids is 1. The van der Waals surface area contributed by atoms with Crippen LogP contribution in [0.3, 0.4) is 0 Å². The van der Waals surface area contributed by atoms with Gasteiger partial charge in [-0.25, -0.2) is 9.97 Å². The summed E-state index contributed by atoms with van der Waals surface area (Å²) in [5.74, 6) is 2.10. The highest BCUT2D eigenvalue weighted by Gasteiger charge is 2.18. The number of para-hydroxylation sites is 1. The van der Waals surface area contributed by atoms with Gasteiger partial charge in [0.05, 0.1) is 16.6 Å². The van der Waals surface area contributed by atoms with Gasteiger partial charge in [-0.3, -0.25) is 4.79 Å². The van der Waals surface area contributed by atoms with Crippen molar-refractivity contribution < 1.29 is 14.0 Å². The van der Waals surface area contributed by atoms with E-state index in [0.717, 1.165) is 51.3 Å². The summed E-state index contributed by atoms with van der Waals surface area (Å²) in [5.41, 5.74) is 4.59. The van der Waals surface area contributed by atoms with Crippen LogP contribution in [0.4, 0.5) is 17.3 Å². The number of aryl methyl sites for hydroxylation is 2. The van der Waals surface area contributed by atoms with Crippen molar-refractivity contribution in [1.29, 1.82) is 0 Å². The molecule has 1 aromatic heterocycles. The van der Waals surface area contributed by atoms with E-state index in [1.807, 2.05) is 42.5 Å². The first kappa shape index (κ1) is 22.6. The van der Waals surface area contributed by atoms with Crippen LogP contribution in [0.5, 0.6) is 5.75 Å². The molecule has 0 radical (unpaired) electrons. The minimum absolute atomic E-state index is 0.0120. The van der Waals surface area contributed by atoms with E-state index >= 15 is 0 Å². The number of aromatic nitrogens is 2. The van der Waals surface area contributed by atoms with Gasteiger partial charge in [0.2, 0.25) is 11.9 Å². The van der Waals surface area contributed by atoms with Crippen LogP contribution in [0.25, 0.3) is 0 Å². The number of hydrogen-bond donors (Lipinski definition) is 2. The van der Waals surface area contributed by atoms with Gasteiger partial charge in [-0.05, 0) is 70.6 Å². The third-order valence-electron chi connectivity index (χ3n) is 4.87. The largest absolute Gasteiger partial charge is 0.326 e. The maximum atomic E-state index is 11.6. The third kappa shape index (κ3) is 5.79. The first-order valence-corrected chi connectivity index (χ1v) is 12.1. The smallest absolute Gasteiger partial charge is 0.228 e. The Bertz CT molecular complexity index is 1110. The maximum Gasteiger partial charge on any atom is 0.228 e. The average molecular weight is 515 g/mol. The average Bonchev–Trinajstić information content (AvgIpc) is 3.17. The lowest BCUT2D eigenvalue weighted by Gasteiger charge is -2.11. The lowest BCUT2D eigenvalue weighted by Crippen LogP contribution is -2.04. The Hall–Kier alpha value is -2.62. The van der Waals surface area contributed by atoms with Crippen molar-refractivity contribution >= 4 is 51.2 Å². The topological polar surface area (TPSA) is 85.4 Å². The molecule has 0 atom stereocenters. The Morgan fingerprint density at radius 2 is 2.09 bits per heavy atom. The fourth-order valence-electron chi connectivity index (χ4n) is 3.30. The number of benzene rings is 2. The van der Waals surface area contributed by atoms with Gasteiger partial charge in [0, 0.05) is 35.4 Å². The Morgan fingerprint density at radius 3 is 2.97 bits per heavy atom. The molecule has 0 fully saturated rings. The van der Waals surface area contributed by atoms with E-state index in [4.69, 9.17) is 9.22 Å². The molecule has 2 N–H and O–H groups in total. The predicted octanol–water partition coefficient (Wildman–Crippen LogP) is 5.63. The van der Waals surface area contributed by atoms with Crippen LogP contribution in [0.15, 0.2) is 53.1 Å². The van der Waals surface area contributed by atoms with Crippen LogP contribution in [0.1, 0.15) is 30.2 Å². The van der Waals surface area contributed by atoms with Crippen molar-refractivity contribution in [2.45, 2.75) is 32.6 Å². The molecule has 7 nitrogen and oxygen atoms in total. The van der Waals surface area contributed by atoms with E-state index in [1.54, 1.807) is 6.20 Å². The van der Waals surface area contributed by atoms with Gasteiger partial charge in [0.25, 0.3) is 0 Å². The van der Waals surface area contributed by atoms with Crippen LogP contribution < -0.4 is 15.5 Å². The summed E-state index contributed by atoms with van der Waals surface area (Å²) in [5, 5.41) is 6.07. The second-order valence-corrected chi connectivity index (χ2v) is 8.93. The van der Waals surface area contributed by atoms with Crippen molar-refractivity contribution in [3.63, 3.8) is 0 Å². The summed E-state index contributed by atoms with van der Waals surface area (Å²) in [6.07, 6.45) is 4.59. The fourth-order valence-corrected chi connectivity index (χ4v) is 4.04. The number of nitrogens with zero attached hydrogens (tertiary/aromatic N) is 2. The summed E-state index contributed by atoms with van der Waals surface area (Å²) in [6.45, 7) is 2.09. The molecule has 9 heteroatoms. The molecule has 1 aliphatic rings. The van der Waals surface area contributed by atoms with Crippen LogP contribution in [0.2, 0.25) is 0 Å². The maximum absolute atomic E-state index is 11.6. The molecule has 0 bridgehead atoms. The predicted molar refractivity (Wildman–Crippen MR) is 130 cm³/mol. The first-order chi connectivity index (χ1) is 15.6. The Labute approximate surface area is 199 Å². The minimum Gasteiger partial charge on any atom is -0.326 e. The van der Waals surface area contributed by atoms with Gasteiger partial charge in [-0.2, -0.15) is 0 Å². The Morgan fingerprint density at radius 1 is 1.22 bits per heavy atom. The molecule has 3 aromatic rings. The number of fused-ring (bicyclic) bond motifs is 1. The van der Waals surface area contributed by atoms with E-state index in [0.29, 0.717) is 24.5 Å². The highest BCUT2D eigenvalue weighted by molar-refractivity contribution is 9.10. The number of carbonyl (C=O) groups is 1. The Kier molecular flexibility index (Phi) is 7.62. The van der Waals surface area contributed by atoms with Crippen molar-refractivity contribution in [2.75, 3.05) is 16.4 Å². The molecular formula is C23H23BrN4O3S. The fraction of sp³-hybridized carbons (Fsp3) is 0.261. The standard InChI is InChI=1S/C23H23BrN4O3S/c1-2-11-32-31-30-21-6-4-3-5-15(21)7-9-20-18(24)14-25-23(28-20)26-17-8-10-19-16(12-17)13-22(29)27-19/h3-6,8,10,12,14H,2,7,9,11,13H2,1H3,(H,27,29)(H,25,26,28). The molecular weight excluding hydrogens is 492 g/mol. The monoisotopic (exact) mass is 514 g/mol. The van der Waals surface area contributed by atoms with E-state index in [-0.39, 0.29) is 5.91 Å². The van der Waals surface area contributed by atoms with E-state index < -0.39 is 0 Å². The summed E-state index contributed by atoms with van der Waals surface area (Å²) < 4.78 is 6.09. The molecule has 0 saturated heterocycles. The SMILES string of the molecule is CCCSOOc1ccccc1CCc1nc(Nc2ccc3c(c2)CC(=O)N3)ncc1Br. The normalized spacial score (nSPS) is 12.4. The lowest BCUT2D eigenvalue weighted by atomic mass is 10.1. The lowest BCUT2D eigenvalue weighted by molar-refractivity contribution is -0.115. The number of hydrogen-bond acceptors (Lipinski definition) is 7. The van der Waals surface area contributed by atoms with Crippen molar-refractivity contribution in [2.24, 2.45) is 0 Å². The zero-order chi connectivity index (χ0) is 22.3. The number of rotatable bonds is 10. The summed E-state index contributed by atoms with van der Waals surface area (Å²) in [4.78, 5) is 26.1. The van der Waals surface area contributed by atoms with Gasteiger partial charge in [0.1, 0.15) is 0 Å². The van der Waals surface area contributed by atoms with Gasteiger partial charge in [0.15, 0.2) is 5.75 Å². The molecule has 0 unspecified atom stereocenters. The third-order valence-corrected chi connectivity index (χ3v) is 6.27. The number of anilines is 3. The van der Waals surface area contributed by atoms with E-state index in [9.17, 15) is 4.79 Å². The number of nitrogens with one attached hydrogen (secondary N) is 2. The van der Waals surface area contributed by atoms with Crippen LogP contribution >= 0.6 is 28.0 Å². The molecule has 4 rings (SSSR count). The van der Waals surface area contributed by atoms with Gasteiger partial charge in [-0.15, -0.1) is 4.33 Å². The van der Waals surface area contributed by atoms with Crippen molar-refractivity contribution in [3.05, 3.63) is 70.0 Å². The summed E-state index contributed by atoms with van der Waals surface area (Å²) in [7, 11) is 0. The molecule has 0 aliphatic carbocycles. The van der Waals surface area contributed by atoms with E-state index in [2.05, 4.69) is 43.5 Å². The zero-order valence-corrected chi connectivity index (χ0v) is 20.0. The van der Waals surface area contributed by atoms with Crippen LogP contribution in [-0.2, 0) is 28.4 Å². The minimum atomic E-state index is 0.0120. The highest BCUT2D eigenvalue weighted by atomic mass is 79.9. The molecule has 2 heterocycles. The van der Waals surface area contributed by atoms with E-state index in [1.165, 1.54) is 12.0 Å². The van der Waals surface area contributed by atoms with Gasteiger partial charge < -0.3 is 15.5 Å². The second kappa shape index (κ2) is 10.8. The molecule has 166 valence electrons. The second-order valence-electron chi connectivity index (χ2n) is 7.29. The zero-order valence-electron chi connectivity index (χ0n) is 17.6. The first-order valence-electron chi connectivity index (χ1n) is 10.4. The number of halogens is 1. The highest BCUT2D eigenvalue weighted by Crippen LogP contribution is 2.28. The van der Waals surface area contributed by atoms with Crippen LogP contribution in [0, 0.1) is 0 Å². The molecule has 1 aliphatic heterocycles. The van der Waals surface area contributed by atoms with Crippen LogP contribution in [-0.4, -0.2) is 21.6 Å². The molecule has 32 heavy (non-hydrogen) atoms.